The molecule has 0 amide bonds. The highest BCUT2D eigenvalue weighted by molar-refractivity contribution is 5.34. The Morgan fingerprint density at radius 2 is 1.92 bits per heavy atom. The van der Waals surface area contributed by atoms with Crippen LogP contribution in [0.1, 0.15) is 13.3 Å². The van der Waals surface area contributed by atoms with Crippen LogP contribution in [0.4, 0.5) is 13.2 Å². The van der Waals surface area contributed by atoms with E-state index in [0.717, 1.165) is 12.2 Å². The van der Waals surface area contributed by atoms with E-state index in [9.17, 15) is 13.2 Å². The van der Waals surface area contributed by atoms with Crippen LogP contribution < -0.4 is 0 Å². The second-order valence-corrected chi connectivity index (χ2v) is 2.27. The topological polar surface area (TPSA) is 0 Å². The lowest BCUT2D eigenvalue weighted by Crippen LogP contribution is -2.13. The summed E-state index contributed by atoms with van der Waals surface area (Å²) in [6.45, 7) is 8.17. The van der Waals surface area contributed by atoms with Gasteiger partial charge in [-0.2, -0.15) is 13.2 Å². The van der Waals surface area contributed by atoms with Gasteiger partial charge >= 0.3 is 6.18 Å². The van der Waals surface area contributed by atoms with Crippen LogP contribution in [0, 0.1) is 0 Å². The number of hydrogen-bond donors (Lipinski definition) is 0. The third kappa shape index (κ3) is 2.95. The standard InChI is InChI=1S/C9H11F3/c1-4-6-8(7(3)5-2)9(10,11)12/h4,6H,1,3,5H2,2H3/b8-6+. The molecule has 0 rings (SSSR count). The van der Waals surface area contributed by atoms with Crippen LogP contribution >= 0.6 is 0 Å². The van der Waals surface area contributed by atoms with E-state index in [2.05, 4.69) is 13.2 Å². The molecule has 0 spiro atoms. The number of rotatable bonds is 3. The van der Waals surface area contributed by atoms with Gasteiger partial charge in [0.2, 0.25) is 0 Å². The molecule has 0 N–H and O–H groups in total. The molecule has 12 heavy (non-hydrogen) atoms. The van der Waals surface area contributed by atoms with Crippen molar-refractivity contribution in [3.05, 3.63) is 36.5 Å². The summed E-state index contributed by atoms with van der Waals surface area (Å²) in [5.41, 5.74) is -0.609. The predicted molar refractivity (Wildman–Crippen MR) is 43.8 cm³/mol. The SMILES string of the molecule is C=C/C=C(\C(=C)CC)C(F)(F)F. The number of hydrogen-bond acceptors (Lipinski definition) is 0. The molecule has 0 aliphatic rings. The Bertz CT molecular complexity index is 208. The fraction of sp³-hybridized carbons (Fsp3) is 0.333. The minimum Gasteiger partial charge on any atom is -0.166 e. The van der Waals surface area contributed by atoms with Crippen molar-refractivity contribution in [2.24, 2.45) is 0 Å². The van der Waals surface area contributed by atoms with Crippen LogP contribution in [-0.2, 0) is 0 Å². The van der Waals surface area contributed by atoms with Crippen molar-refractivity contribution in [3.8, 4) is 0 Å². The van der Waals surface area contributed by atoms with Gasteiger partial charge in [-0.25, -0.2) is 0 Å². The zero-order chi connectivity index (χ0) is 9.78. The summed E-state index contributed by atoms with van der Waals surface area (Å²) in [7, 11) is 0. The predicted octanol–water partition coefficient (Wildman–Crippen LogP) is 3.63. The smallest absolute Gasteiger partial charge is 0.166 e. The Kier molecular flexibility index (Phi) is 3.80. The van der Waals surface area contributed by atoms with Gasteiger partial charge in [-0.1, -0.05) is 32.2 Å². The average Bonchev–Trinajstić information content (AvgIpc) is 1.96. The molecular formula is C9H11F3. The lowest BCUT2D eigenvalue weighted by Gasteiger charge is -2.11. The molecule has 0 fully saturated rings. The summed E-state index contributed by atoms with van der Waals surface area (Å²) in [6.07, 6.45) is -1.98. The van der Waals surface area contributed by atoms with Gasteiger partial charge in [0.25, 0.3) is 0 Å². The maximum Gasteiger partial charge on any atom is 0.416 e. The highest BCUT2D eigenvalue weighted by Gasteiger charge is 2.33. The molecule has 0 aromatic rings. The molecule has 0 saturated carbocycles. The van der Waals surface area contributed by atoms with Crippen molar-refractivity contribution >= 4 is 0 Å². The second kappa shape index (κ2) is 4.14. The minimum absolute atomic E-state index is 0.0856. The summed E-state index contributed by atoms with van der Waals surface area (Å²) in [5, 5.41) is 0. The van der Waals surface area contributed by atoms with Gasteiger partial charge < -0.3 is 0 Å². The third-order valence-corrected chi connectivity index (χ3v) is 1.40. The molecule has 0 bridgehead atoms. The molecule has 0 unspecified atom stereocenters. The van der Waals surface area contributed by atoms with Crippen LogP contribution in [-0.4, -0.2) is 6.18 Å². The summed E-state index contributed by atoms with van der Waals surface area (Å²) in [6, 6.07) is 0. The van der Waals surface area contributed by atoms with Crippen LogP contribution in [0.2, 0.25) is 0 Å². The van der Waals surface area contributed by atoms with E-state index < -0.39 is 11.7 Å². The largest absolute Gasteiger partial charge is 0.416 e. The van der Waals surface area contributed by atoms with Crippen molar-refractivity contribution in [1.82, 2.24) is 0 Å². The molecule has 3 heteroatoms. The molecule has 0 aromatic carbocycles. The minimum atomic E-state index is -4.32. The van der Waals surface area contributed by atoms with Crippen LogP contribution in [0.25, 0.3) is 0 Å². The van der Waals surface area contributed by atoms with Crippen molar-refractivity contribution < 1.29 is 13.2 Å². The number of halogens is 3. The molecule has 0 aliphatic heterocycles. The Labute approximate surface area is 70.1 Å². The maximum absolute atomic E-state index is 12.2. The fourth-order valence-electron chi connectivity index (χ4n) is 0.721. The van der Waals surface area contributed by atoms with Gasteiger partial charge in [-0.3, -0.25) is 0 Å². The highest BCUT2D eigenvalue weighted by atomic mass is 19.4. The first-order valence-corrected chi connectivity index (χ1v) is 3.51. The number of allylic oxidation sites excluding steroid dienone is 4. The van der Waals surface area contributed by atoms with E-state index in [1.165, 1.54) is 0 Å². The first kappa shape index (κ1) is 11.0. The Morgan fingerprint density at radius 3 is 2.17 bits per heavy atom. The van der Waals surface area contributed by atoms with Crippen molar-refractivity contribution in [1.29, 1.82) is 0 Å². The molecule has 0 nitrogen and oxygen atoms in total. The highest BCUT2D eigenvalue weighted by Crippen LogP contribution is 2.31. The lowest BCUT2D eigenvalue weighted by molar-refractivity contribution is -0.0894. The summed E-state index contributed by atoms with van der Waals surface area (Å²) < 4.78 is 36.5. The van der Waals surface area contributed by atoms with E-state index in [1.807, 2.05) is 0 Å². The summed E-state index contributed by atoms with van der Waals surface area (Å²) >= 11 is 0. The van der Waals surface area contributed by atoms with Gasteiger partial charge in [-0.15, -0.1) is 0 Å². The van der Waals surface area contributed by atoms with Crippen LogP contribution in [0.15, 0.2) is 36.5 Å². The van der Waals surface area contributed by atoms with Crippen molar-refractivity contribution in [2.45, 2.75) is 19.5 Å². The Balaban J connectivity index is 4.81. The summed E-state index contributed by atoms with van der Waals surface area (Å²) in [4.78, 5) is 0. The van der Waals surface area contributed by atoms with E-state index in [-0.39, 0.29) is 5.57 Å². The first-order chi connectivity index (χ1) is 5.43. The Morgan fingerprint density at radius 1 is 1.42 bits per heavy atom. The van der Waals surface area contributed by atoms with Gasteiger partial charge in [0.05, 0.1) is 5.57 Å². The maximum atomic E-state index is 12.2. The van der Waals surface area contributed by atoms with Crippen molar-refractivity contribution in [3.63, 3.8) is 0 Å². The normalized spacial score (nSPS) is 12.8. The lowest BCUT2D eigenvalue weighted by atomic mass is 10.1. The monoisotopic (exact) mass is 176 g/mol. The zero-order valence-electron chi connectivity index (χ0n) is 6.91. The van der Waals surface area contributed by atoms with Crippen LogP contribution in [0.5, 0.6) is 0 Å². The van der Waals surface area contributed by atoms with E-state index in [4.69, 9.17) is 0 Å². The van der Waals surface area contributed by atoms with Crippen molar-refractivity contribution in [2.75, 3.05) is 0 Å². The van der Waals surface area contributed by atoms with Gasteiger partial charge in [0, 0.05) is 0 Å². The molecule has 0 heterocycles. The van der Waals surface area contributed by atoms with E-state index in [1.54, 1.807) is 6.92 Å². The second-order valence-electron chi connectivity index (χ2n) is 2.27. The molecule has 68 valence electrons. The first-order valence-electron chi connectivity index (χ1n) is 3.51. The summed E-state index contributed by atoms with van der Waals surface area (Å²) in [5.74, 6) is 0. The number of alkyl halides is 3. The molecule has 0 aromatic heterocycles. The molecule has 0 atom stereocenters. The third-order valence-electron chi connectivity index (χ3n) is 1.40. The van der Waals surface area contributed by atoms with E-state index in [0.29, 0.717) is 6.42 Å². The van der Waals surface area contributed by atoms with Crippen LogP contribution in [0.3, 0.4) is 0 Å². The molecular weight excluding hydrogens is 165 g/mol. The fourth-order valence-corrected chi connectivity index (χ4v) is 0.721. The Hall–Kier alpha value is -0.990. The molecule has 0 aliphatic carbocycles. The molecule has 0 saturated heterocycles. The quantitative estimate of drug-likeness (QED) is 0.576. The molecule has 0 radical (unpaired) electrons. The van der Waals surface area contributed by atoms with E-state index >= 15 is 0 Å². The van der Waals surface area contributed by atoms with Gasteiger partial charge in [0.1, 0.15) is 0 Å². The van der Waals surface area contributed by atoms with Gasteiger partial charge in [0.15, 0.2) is 0 Å². The zero-order valence-corrected chi connectivity index (χ0v) is 6.91. The average molecular weight is 176 g/mol. The van der Waals surface area contributed by atoms with Gasteiger partial charge in [-0.05, 0) is 12.0 Å².